The number of hydrogen-bond acceptors (Lipinski definition) is 4. The number of carbonyl (C=O) groups excluding carboxylic acids is 1. The third kappa shape index (κ3) is 1.27. The lowest BCUT2D eigenvalue weighted by Crippen LogP contribution is -2.39. The van der Waals surface area contributed by atoms with Crippen molar-refractivity contribution in [1.82, 2.24) is 5.17 Å². The highest BCUT2D eigenvalue weighted by molar-refractivity contribution is 5.81. The van der Waals surface area contributed by atoms with Gasteiger partial charge in [-0.2, -0.15) is 5.11 Å². The molecule has 0 spiro atoms. The van der Waals surface area contributed by atoms with E-state index in [1.165, 1.54) is 7.11 Å². The van der Waals surface area contributed by atoms with E-state index in [4.69, 9.17) is 4.84 Å². The average Bonchev–Trinajstić information content (AvgIpc) is 2.19. The fourth-order valence-corrected chi connectivity index (χ4v) is 1.34. The molecule has 2 atom stereocenters. The van der Waals surface area contributed by atoms with Crippen LogP contribution in [0.2, 0.25) is 0 Å². The maximum atomic E-state index is 11.6. The molecule has 0 aromatic heterocycles. The van der Waals surface area contributed by atoms with E-state index in [1.807, 2.05) is 18.2 Å². The maximum absolute atomic E-state index is 11.6. The Kier molecular flexibility index (Phi) is 1.94. The molecule has 13 heavy (non-hydrogen) atoms. The van der Waals surface area contributed by atoms with Gasteiger partial charge in [-0.05, 0) is 5.22 Å². The van der Waals surface area contributed by atoms with Gasteiger partial charge in [0.15, 0.2) is 0 Å². The Labute approximate surface area is 75.3 Å². The Morgan fingerprint density at radius 3 is 3.00 bits per heavy atom. The third-order valence-electron chi connectivity index (χ3n) is 2.02. The Hall–Kier alpha value is -1.49. The van der Waals surface area contributed by atoms with E-state index in [0.29, 0.717) is 0 Å². The van der Waals surface area contributed by atoms with Crippen LogP contribution in [-0.4, -0.2) is 24.2 Å². The fourth-order valence-electron chi connectivity index (χ4n) is 1.34. The summed E-state index contributed by atoms with van der Waals surface area (Å²) in [6.07, 6.45) is 7.33. The van der Waals surface area contributed by atoms with Crippen LogP contribution in [0.15, 0.2) is 34.6 Å². The second kappa shape index (κ2) is 3.10. The van der Waals surface area contributed by atoms with Gasteiger partial charge in [-0.3, -0.25) is 9.63 Å². The Balaban J connectivity index is 2.27. The van der Waals surface area contributed by atoms with Crippen molar-refractivity contribution in [2.24, 2.45) is 16.3 Å². The Morgan fingerprint density at radius 2 is 2.23 bits per heavy atom. The van der Waals surface area contributed by atoms with Crippen LogP contribution < -0.4 is 0 Å². The maximum Gasteiger partial charge on any atom is 0.280 e. The first-order valence-corrected chi connectivity index (χ1v) is 3.97. The first-order chi connectivity index (χ1) is 6.33. The molecular formula is C8H9N3O2. The molecule has 1 heterocycles. The zero-order valence-electron chi connectivity index (χ0n) is 7.12. The van der Waals surface area contributed by atoms with Crippen LogP contribution in [0.3, 0.4) is 0 Å². The molecule has 1 amide bonds. The predicted molar refractivity (Wildman–Crippen MR) is 44.3 cm³/mol. The minimum Gasteiger partial charge on any atom is -0.270 e. The van der Waals surface area contributed by atoms with E-state index in [0.717, 1.165) is 5.17 Å². The molecule has 0 radical (unpaired) electrons. The van der Waals surface area contributed by atoms with Gasteiger partial charge in [0.05, 0.1) is 13.0 Å². The lowest BCUT2D eigenvalue weighted by Gasteiger charge is -2.26. The van der Waals surface area contributed by atoms with Gasteiger partial charge in [0.25, 0.3) is 5.91 Å². The number of carbonyl (C=O) groups is 1. The zero-order valence-corrected chi connectivity index (χ0v) is 7.12. The number of allylic oxidation sites excluding steroid dienone is 2. The van der Waals surface area contributed by atoms with Crippen LogP contribution >= 0.6 is 0 Å². The summed E-state index contributed by atoms with van der Waals surface area (Å²) in [5.74, 6) is -0.439. The molecule has 5 heteroatoms. The van der Waals surface area contributed by atoms with Gasteiger partial charge in [-0.15, -0.1) is 0 Å². The summed E-state index contributed by atoms with van der Waals surface area (Å²) in [6.45, 7) is 0. The Bertz CT molecular complexity index is 309. The first kappa shape index (κ1) is 8.12. The number of nitrogens with zero attached hydrogens (tertiary/aromatic N) is 3. The van der Waals surface area contributed by atoms with Crippen LogP contribution in [0.4, 0.5) is 0 Å². The van der Waals surface area contributed by atoms with Gasteiger partial charge in [-0.25, -0.2) is 0 Å². The van der Waals surface area contributed by atoms with E-state index in [9.17, 15) is 4.79 Å². The van der Waals surface area contributed by atoms with Crippen molar-refractivity contribution in [3.63, 3.8) is 0 Å². The van der Waals surface area contributed by atoms with Crippen LogP contribution in [0, 0.1) is 5.92 Å². The number of fused-ring (bicyclic) bond motifs is 1. The molecule has 1 aliphatic carbocycles. The molecule has 1 aliphatic heterocycles. The van der Waals surface area contributed by atoms with Gasteiger partial charge in [0, 0.05) is 0 Å². The molecule has 0 aromatic carbocycles. The second-order valence-corrected chi connectivity index (χ2v) is 2.78. The monoisotopic (exact) mass is 179 g/mol. The third-order valence-corrected chi connectivity index (χ3v) is 2.02. The fraction of sp³-hybridized carbons (Fsp3) is 0.375. The highest BCUT2D eigenvalue weighted by Crippen LogP contribution is 2.23. The summed E-state index contributed by atoms with van der Waals surface area (Å²) in [5.41, 5.74) is 0. The van der Waals surface area contributed by atoms with Crippen LogP contribution in [0.25, 0.3) is 0 Å². The summed E-state index contributed by atoms with van der Waals surface area (Å²) < 4.78 is 0. The number of rotatable bonds is 1. The van der Waals surface area contributed by atoms with Crippen molar-refractivity contribution in [2.75, 3.05) is 7.11 Å². The van der Waals surface area contributed by atoms with E-state index < -0.39 is 0 Å². The van der Waals surface area contributed by atoms with Crippen LogP contribution in [-0.2, 0) is 9.63 Å². The molecular weight excluding hydrogens is 170 g/mol. The lowest BCUT2D eigenvalue weighted by atomic mass is 9.95. The highest BCUT2D eigenvalue weighted by Gasteiger charge is 2.34. The largest absolute Gasteiger partial charge is 0.280 e. The SMILES string of the molecule is CON1N=NC2C=CC=CC2C1=O. The predicted octanol–water partition coefficient (Wildman–Crippen LogP) is 0.868. The summed E-state index contributed by atoms with van der Waals surface area (Å²) in [7, 11) is 1.39. The molecule has 0 bridgehead atoms. The molecule has 0 fully saturated rings. The lowest BCUT2D eigenvalue weighted by molar-refractivity contribution is -0.186. The van der Waals surface area contributed by atoms with Crippen molar-refractivity contribution in [1.29, 1.82) is 0 Å². The highest BCUT2D eigenvalue weighted by atomic mass is 16.7. The van der Waals surface area contributed by atoms with Gasteiger partial charge in [0.1, 0.15) is 6.04 Å². The molecule has 0 saturated heterocycles. The second-order valence-electron chi connectivity index (χ2n) is 2.78. The molecule has 5 nitrogen and oxygen atoms in total. The molecule has 0 saturated carbocycles. The van der Waals surface area contributed by atoms with Crippen molar-refractivity contribution in [3.05, 3.63) is 24.3 Å². The van der Waals surface area contributed by atoms with Gasteiger partial charge < -0.3 is 0 Å². The van der Waals surface area contributed by atoms with E-state index in [1.54, 1.807) is 6.08 Å². The summed E-state index contributed by atoms with van der Waals surface area (Å²) in [6, 6.07) is -0.163. The normalized spacial score (nSPS) is 30.8. The molecule has 0 aromatic rings. The summed E-state index contributed by atoms with van der Waals surface area (Å²) in [5, 5.41) is 8.44. The number of hydroxylamine groups is 1. The van der Waals surface area contributed by atoms with E-state index >= 15 is 0 Å². The number of hydrogen-bond donors (Lipinski definition) is 0. The summed E-state index contributed by atoms with van der Waals surface area (Å²) in [4.78, 5) is 16.3. The average molecular weight is 179 g/mol. The summed E-state index contributed by atoms with van der Waals surface area (Å²) >= 11 is 0. The van der Waals surface area contributed by atoms with Crippen molar-refractivity contribution in [2.45, 2.75) is 6.04 Å². The van der Waals surface area contributed by atoms with Crippen LogP contribution in [0.1, 0.15) is 0 Å². The number of amides is 1. The molecule has 2 unspecified atom stereocenters. The molecule has 0 N–H and O–H groups in total. The quantitative estimate of drug-likeness (QED) is 0.599. The minimum absolute atomic E-state index is 0.163. The Morgan fingerprint density at radius 1 is 1.46 bits per heavy atom. The van der Waals surface area contributed by atoms with Crippen LogP contribution in [0.5, 0.6) is 0 Å². The topological polar surface area (TPSA) is 54.3 Å². The van der Waals surface area contributed by atoms with E-state index in [2.05, 4.69) is 10.3 Å². The zero-order chi connectivity index (χ0) is 9.26. The van der Waals surface area contributed by atoms with E-state index in [-0.39, 0.29) is 17.9 Å². The van der Waals surface area contributed by atoms with Crippen molar-refractivity contribution >= 4 is 5.91 Å². The molecule has 2 rings (SSSR count). The first-order valence-electron chi connectivity index (χ1n) is 3.97. The minimum atomic E-state index is -0.262. The molecule has 2 aliphatic rings. The van der Waals surface area contributed by atoms with Crippen molar-refractivity contribution in [3.8, 4) is 0 Å². The standard InChI is InChI=1S/C8H9N3O2/c1-13-11-8(12)6-4-2-3-5-7(6)9-10-11/h2-7H,1H3. The van der Waals surface area contributed by atoms with Gasteiger partial charge in [-0.1, -0.05) is 29.5 Å². The molecule has 68 valence electrons. The van der Waals surface area contributed by atoms with Gasteiger partial charge in [0.2, 0.25) is 0 Å². The smallest absolute Gasteiger partial charge is 0.270 e. The van der Waals surface area contributed by atoms with Gasteiger partial charge >= 0.3 is 0 Å². The van der Waals surface area contributed by atoms with Crippen molar-refractivity contribution < 1.29 is 9.63 Å².